The molecule has 0 fully saturated rings. The lowest BCUT2D eigenvalue weighted by Gasteiger charge is -2.05. The van der Waals surface area contributed by atoms with E-state index in [0.29, 0.717) is 5.76 Å². The summed E-state index contributed by atoms with van der Waals surface area (Å²) in [4.78, 5) is 0. The summed E-state index contributed by atoms with van der Waals surface area (Å²) in [6.07, 6.45) is 1.18. The van der Waals surface area contributed by atoms with Crippen LogP contribution in [0.3, 0.4) is 0 Å². The Labute approximate surface area is 65.6 Å². The first-order valence-electron chi connectivity index (χ1n) is 3.18. The van der Waals surface area contributed by atoms with Crippen molar-refractivity contribution in [1.29, 1.82) is 0 Å². The number of sulfonamides is 1. The molecular formula is C6H9NO3S. The van der Waals surface area contributed by atoms with Crippen LogP contribution in [0.15, 0.2) is 15.6 Å². The number of hydrogen-bond donors (Lipinski definition) is 0. The molecule has 0 aromatic rings. The van der Waals surface area contributed by atoms with Crippen LogP contribution in [0, 0.1) is 0 Å². The molecule has 0 aromatic heterocycles. The zero-order valence-electron chi connectivity index (χ0n) is 6.31. The molecule has 0 atom stereocenters. The van der Waals surface area contributed by atoms with Crippen LogP contribution in [0.25, 0.3) is 0 Å². The van der Waals surface area contributed by atoms with E-state index < -0.39 is 10.0 Å². The molecule has 11 heavy (non-hydrogen) atoms. The van der Waals surface area contributed by atoms with Crippen molar-refractivity contribution < 1.29 is 13.2 Å². The van der Waals surface area contributed by atoms with Crippen molar-refractivity contribution in [3.63, 3.8) is 0 Å². The Balaban J connectivity index is 2.74. The minimum absolute atomic E-state index is 0.0269. The van der Waals surface area contributed by atoms with Gasteiger partial charge in [-0.2, -0.15) is 12.8 Å². The maximum absolute atomic E-state index is 10.7. The molecule has 0 bridgehead atoms. The fraction of sp³-hybridized carbons (Fsp3) is 0.500. The smallest absolute Gasteiger partial charge is 0.279 e. The third-order valence-corrected chi connectivity index (χ3v) is 1.89. The van der Waals surface area contributed by atoms with Gasteiger partial charge in [-0.15, -0.1) is 0 Å². The van der Waals surface area contributed by atoms with Crippen LogP contribution in [-0.2, 0) is 14.8 Å². The van der Waals surface area contributed by atoms with Gasteiger partial charge in [0.15, 0.2) is 5.76 Å². The van der Waals surface area contributed by atoms with Crippen molar-refractivity contribution in [3.05, 3.63) is 11.2 Å². The Morgan fingerprint density at radius 1 is 1.55 bits per heavy atom. The van der Waals surface area contributed by atoms with Gasteiger partial charge < -0.3 is 4.74 Å². The molecule has 0 unspecified atom stereocenters. The van der Waals surface area contributed by atoms with Crippen molar-refractivity contribution in [2.45, 2.75) is 20.0 Å². The molecule has 0 radical (unpaired) electrons. The van der Waals surface area contributed by atoms with E-state index >= 15 is 0 Å². The Bertz CT molecular complexity index is 300. The molecule has 0 aromatic carbocycles. The van der Waals surface area contributed by atoms with Gasteiger partial charge in [-0.3, -0.25) is 0 Å². The van der Waals surface area contributed by atoms with E-state index in [0.717, 1.165) is 5.41 Å². The third-order valence-electron chi connectivity index (χ3n) is 0.964. The summed E-state index contributed by atoms with van der Waals surface area (Å²) < 4.78 is 29.6. The molecule has 4 nitrogen and oxygen atoms in total. The first kappa shape index (κ1) is 8.26. The quantitative estimate of drug-likeness (QED) is 0.619. The van der Waals surface area contributed by atoms with Gasteiger partial charge in [-0.1, -0.05) is 0 Å². The lowest BCUT2D eigenvalue weighted by atomic mass is 10.5. The summed E-state index contributed by atoms with van der Waals surface area (Å²) in [6, 6.07) is 0. The van der Waals surface area contributed by atoms with Gasteiger partial charge in [-0.25, -0.2) is 0 Å². The summed E-state index contributed by atoms with van der Waals surface area (Å²) in [6.45, 7) is 3.64. The molecule has 5 heteroatoms. The standard InChI is InChI=1S/C6H9NO3S/c1-5(2)10-6-3-7-11(8,9)4-6/h3-5H,1-2H3. The Morgan fingerprint density at radius 3 is 2.55 bits per heavy atom. The van der Waals surface area contributed by atoms with Crippen LogP contribution in [0.2, 0.25) is 0 Å². The monoisotopic (exact) mass is 175 g/mol. The van der Waals surface area contributed by atoms with E-state index in [9.17, 15) is 8.42 Å². The predicted molar refractivity (Wildman–Crippen MR) is 41.7 cm³/mol. The molecule has 0 spiro atoms. The Hall–Kier alpha value is -0.840. The second-order valence-electron chi connectivity index (χ2n) is 2.44. The highest BCUT2D eigenvalue weighted by molar-refractivity contribution is 7.93. The lowest BCUT2D eigenvalue weighted by molar-refractivity contribution is 0.166. The fourth-order valence-electron chi connectivity index (χ4n) is 0.663. The van der Waals surface area contributed by atoms with Crippen LogP contribution in [-0.4, -0.2) is 20.7 Å². The van der Waals surface area contributed by atoms with Gasteiger partial charge in [0.1, 0.15) is 0 Å². The average Bonchev–Trinajstić information content (AvgIpc) is 2.08. The van der Waals surface area contributed by atoms with E-state index in [2.05, 4.69) is 4.40 Å². The molecule has 1 rings (SSSR count). The highest BCUT2D eigenvalue weighted by Gasteiger charge is 2.14. The summed E-state index contributed by atoms with van der Waals surface area (Å²) in [5.74, 6) is 0.306. The van der Waals surface area contributed by atoms with Crippen molar-refractivity contribution in [1.82, 2.24) is 0 Å². The van der Waals surface area contributed by atoms with Gasteiger partial charge in [0.25, 0.3) is 10.0 Å². The molecule has 0 saturated heterocycles. The molecule has 0 saturated carbocycles. The molecular weight excluding hydrogens is 166 g/mol. The van der Waals surface area contributed by atoms with Crippen molar-refractivity contribution in [2.24, 2.45) is 4.40 Å². The van der Waals surface area contributed by atoms with E-state index in [1.807, 2.05) is 13.8 Å². The summed E-state index contributed by atoms with van der Waals surface area (Å²) in [5, 5.41) is 1.01. The molecule has 1 heterocycles. The largest absolute Gasteiger partial charge is 0.489 e. The fourth-order valence-corrected chi connectivity index (χ4v) is 1.39. The van der Waals surface area contributed by atoms with Crippen molar-refractivity contribution in [3.8, 4) is 0 Å². The second-order valence-corrected chi connectivity index (χ2v) is 3.91. The Morgan fingerprint density at radius 2 is 2.18 bits per heavy atom. The van der Waals surface area contributed by atoms with E-state index in [1.54, 1.807) is 0 Å². The normalized spacial score (nSPS) is 20.5. The van der Waals surface area contributed by atoms with Crippen LogP contribution < -0.4 is 0 Å². The highest BCUT2D eigenvalue weighted by Crippen LogP contribution is 2.10. The van der Waals surface area contributed by atoms with Crippen molar-refractivity contribution >= 4 is 16.2 Å². The molecule has 0 N–H and O–H groups in total. The SMILES string of the molecule is CC(C)OC1=CS(=O)(=O)N=C1. The van der Waals surface area contributed by atoms with E-state index in [1.165, 1.54) is 6.21 Å². The van der Waals surface area contributed by atoms with Crippen LogP contribution in [0.1, 0.15) is 13.8 Å². The zero-order chi connectivity index (χ0) is 8.48. The average molecular weight is 175 g/mol. The van der Waals surface area contributed by atoms with Gasteiger partial charge in [0.2, 0.25) is 0 Å². The molecule has 0 amide bonds. The minimum atomic E-state index is -3.36. The topological polar surface area (TPSA) is 55.7 Å². The second kappa shape index (κ2) is 2.65. The maximum Gasteiger partial charge on any atom is 0.279 e. The summed E-state index contributed by atoms with van der Waals surface area (Å²) in [7, 11) is -3.36. The van der Waals surface area contributed by atoms with Gasteiger partial charge in [0.05, 0.1) is 17.7 Å². The molecule has 1 aliphatic heterocycles. The van der Waals surface area contributed by atoms with Gasteiger partial charge in [0, 0.05) is 0 Å². The summed E-state index contributed by atoms with van der Waals surface area (Å²) in [5.41, 5.74) is 0. The van der Waals surface area contributed by atoms with Crippen LogP contribution in [0.5, 0.6) is 0 Å². The highest BCUT2D eigenvalue weighted by atomic mass is 32.2. The first-order chi connectivity index (χ1) is 4.99. The lowest BCUT2D eigenvalue weighted by Crippen LogP contribution is -2.01. The zero-order valence-corrected chi connectivity index (χ0v) is 7.13. The third kappa shape index (κ3) is 2.34. The molecule has 1 aliphatic rings. The molecule has 0 aliphatic carbocycles. The predicted octanol–water partition coefficient (Wildman–Crippen LogP) is 0.667. The van der Waals surface area contributed by atoms with Crippen LogP contribution in [0.4, 0.5) is 0 Å². The van der Waals surface area contributed by atoms with Crippen LogP contribution >= 0.6 is 0 Å². The maximum atomic E-state index is 10.7. The van der Waals surface area contributed by atoms with Gasteiger partial charge in [-0.05, 0) is 13.8 Å². The van der Waals surface area contributed by atoms with Gasteiger partial charge >= 0.3 is 0 Å². The Kier molecular flexibility index (Phi) is 1.99. The number of hydrogen-bond acceptors (Lipinski definition) is 3. The van der Waals surface area contributed by atoms with Crippen molar-refractivity contribution in [2.75, 3.05) is 0 Å². The summed E-state index contributed by atoms with van der Waals surface area (Å²) >= 11 is 0. The number of allylic oxidation sites excluding steroid dienone is 1. The number of ether oxygens (including phenoxy) is 1. The van der Waals surface area contributed by atoms with E-state index in [-0.39, 0.29) is 6.10 Å². The van der Waals surface area contributed by atoms with E-state index in [4.69, 9.17) is 4.74 Å². The first-order valence-corrected chi connectivity index (χ1v) is 4.68. The molecule has 62 valence electrons. The number of rotatable bonds is 2. The minimum Gasteiger partial charge on any atom is -0.489 e. The number of nitrogens with zero attached hydrogens (tertiary/aromatic N) is 1.